The highest BCUT2D eigenvalue weighted by Crippen LogP contribution is 2.36. The van der Waals surface area contributed by atoms with Gasteiger partial charge in [0.25, 0.3) is 0 Å². The SMILES string of the molecule is C=CCC1C(c2ccc(OC(F)(F)F)cc2)N(CC(C)(O)Cn2cc([N+](=O)[O-])nc2Cl)CCN1C(=O)O. The van der Waals surface area contributed by atoms with E-state index < -0.39 is 46.6 Å². The van der Waals surface area contributed by atoms with Crippen LogP contribution in [-0.2, 0) is 6.54 Å². The number of aliphatic hydroxyl groups is 1. The maximum Gasteiger partial charge on any atom is 0.573 e. The number of imidazole rings is 1. The first kappa shape index (κ1) is 28.2. The van der Waals surface area contributed by atoms with E-state index in [4.69, 9.17) is 11.6 Å². The molecule has 2 heterocycles. The van der Waals surface area contributed by atoms with Gasteiger partial charge in [0, 0.05) is 19.6 Å². The van der Waals surface area contributed by atoms with Crippen LogP contribution in [0.25, 0.3) is 0 Å². The number of hydrogen-bond acceptors (Lipinski definition) is 7. The van der Waals surface area contributed by atoms with Crippen molar-refractivity contribution in [2.75, 3.05) is 19.6 Å². The molecular weight excluding hydrogens is 523 g/mol. The Bertz CT molecular complexity index is 1140. The molecule has 0 aliphatic carbocycles. The smallest absolute Gasteiger partial charge is 0.465 e. The second kappa shape index (κ2) is 10.9. The number of carbonyl (C=O) groups is 1. The number of nitro groups is 1. The molecule has 1 saturated heterocycles. The fourth-order valence-corrected chi connectivity index (χ4v) is 4.73. The predicted molar refractivity (Wildman–Crippen MR) is 125 cm³/mol. The van der Waals surface area contributed by atoms with E-state index in [1.165, 1.54) is 28.5 Å². The molecule has 1 aliphatic heterocycles. The number of halogens is 4. The van der Waals surface area contributed by atoms with E-state index >= 15 is 0 Å². The van der Waals surface area contributed by atoms with Gasteiger partial charge in [0.15, 0.2) is 0 Å². The maximum absolute atomic E-state index is 12.6. The monoisotopic (exact) mass is 547 g/mol. The lowest BCUT2D eigenvalue weighted by atomic mass is 9.90. The number of β-amino-alcohol motifs (C(OH)–C–C–N with tert-alkyl or cyclic N) is 1. The molecule has 202 valence electrons. The summed E-state index contributed by atoms with van der Waals surface area (Å²) in [4.78, 5) is 28.9. The maximum atomic E-state index is 12.6. The van der Waals surface area contributed by atoms with Gasteiger partial charge in [-0.2, -0.15) is 0 Å². The number of piperazine rings is 1. The van der Waals surface area contributed by atoms with E-state index in [2.05, 4.69) is 16.3 Å². The third kappa shape index (κ3) is 7.11. The van der Waals surface area contributed by atoms with Crippen LogP contribution in [0.4, 0.5) is 23.8 Å². The van der Waals surface area contributed by atoms with Crippen LogP contribution in [0, 0.1) is 10.1 Å². The minimum atomic E-state index is -4.87. The van der Waals surface area contributed by atoms with E-state index in [0.29, 0.717) is 5.56 Å². The first-order chi connectivity index (χ1) is 17.2. The number of ether oxygens (including phenoxy) is 1. The fourth-order valence-electron chi connectivity index (χ4n) is 4.53. The zero-order chi connectivity index (χ0) is 27.5. The van der Waals surface area contributed by atoms with E-state index in [-0.39, 0.29) is 37.9 Å². The Hall–Kier alpha value is -3.36. The fraction of sp³-hybridized carbons (Fsp3) is 0.455. The van der Waals surface area contributed by atoms with Crippen molar-refractivity contribution in [1.82, 2.24) is 19.4 Å². The zero-order valence-electron chi connectivity index (χ0n) is 19.6. The number of amides is 1. The molecule has 1 aromatic heterocycles. The van der Waals surface area contributed by atoms with Crippen LogP contribution in [0.5, 0.6) is 5.75 Å². The third-order valence-electron chi connectivity index (χ3n) is 5.85. The molecule has 3 atom stereocenters. The number of aromatic nitrogens is 2. The molecule has 2 aromatic rings. The molecule has 1 amide bonds. The van der Waals surface area contributed by atoms with Gasteiger partial charge in [-0.15, -0.1) is 19.8 Å². The molecule has 2 N–H and O–H groups in total. The Labute approximate surface area is 214 Å². The van der Waals surface area contributed by atoms with Crippen molar-refractivity contribution in [2.45, 2.75) is 43.9 Å². The molecule has 0 saturated carbocycles. The molecular formula is C22H25ClF3N5O6. The van der Waals surface area contributed by atoms with Crippen molar-refractivity contribution in [3.05, 3.63) is 64.1 Å². The minimum absolute atomic E-state index is 0.0259. The lowest BCUT2D eigenvalue weighted by molar-refractivity contribution is -0.389. The minimum Gasteiger partial charge on any atom is -0.465 e. The van der Waals surface area contributed by atoms with Gasteiger partial charge < -0.3 is 30.0 Å². The van der Waals surface area contributed by atoms with Crippen molar-refractivity contribution < 1.29 is 37.8 Å². The number of hydrogen-bond donors (Lipinski definition) is 2. The van der Waals surface area contributed by atoms with Crippen molar-refractivity contribution in [1.29, 1.82) is 0 Å². The summed E-state index contributed by atoms with van der Waals surface area (Å²) in [5, 5.41) is 31.8. The largest absolute Gasteiger partial charge is 0.573 e. The summed E-state index contributed by atoms with van der Waals surface area (Å²) < 4.78 is 43.0. The first-order valence-electron chi connectivity index (χ1n) is 11.0. The van der Waals surface area contributed by atoms with Crippen molar-refractivity contribution >= 4 is 23.5 Å². The van der Waals surface area contributed by atoms with E-state index in [1.807, 2.05) is 4.90 Å². The molecule has 0 bridgehead atoms. The second-order valence-corrected chi connectivity index (χ2v) is 9.19. The van der Waals surface area contributed by atoms with Crippen LogP contribution in [0.3, 0.4) is 0 Å². The molecule has 3 rings (SSSR count). The van der Waals surface area contributed by atoms with Crippen LogP contribution < -0.4 is 4.74 Å². The van der Waals surface area contributed by atoms with Crippen molar-refractivity contribution in [2.24, 2.45) is 0 Å². The molecule has 15 heteroatoms. The lowest BCUT2D eigenvalue weighted by Gasteiger charge is -2.48. The Morgan fingerprint density at radius 2 is 1.97 bits per heavy atom. The molecule has 3 unspecified atom stereocenters. The highest BCUT2D eigenvalue weighted by Gasteiger charge is 2.42. The van der Waals surface area contributed by atoms with Crippen LogP contribution in [0.15, 0.2) is 43.1 Å². The third-order valence-corrected chi connectivity index (χ3v) is 6.15. The van der Waals surface area contributed by atoms with Crippen LogP contribution in [0.1, 0.15) is 24.9 Å². The number of rotatable bonds is 9. The average Bonchev–Trinajstić information content (AvgIpc) is 3.13. The highest BCUT2D eigenvalue weighted by molar-refractivity contribution is 6.28. The average molecular weight is 548 g/mol. The van der Waals surface area contributed by atoms with Gasteiger partial charge in [0.1, 0.15) is 11.9 Å². The summed E-state index contributed by atoms with van der Waals surface area (Å²) in [6, 6.07) is 3.76. The van der Waals surface area contributed by atoms with Crippen LogP contribution >= 0.6 is 11.6 Å². The summed E-state index contributed by atoms with van der Waals surface area (Å²) in [5.74, 6) is -0.918. The van der Waals surface area contributed by atoms with Gasteiger partial charge in [0.05, 0.1) is 24.2 Å². The Kier molecular flexibility index (Phi) is 8.35. The van der Waals surface area contributed by atoms with Gasteiger partial charge in [-0.3, -0.25) is 9.47 Å². The topological polar surface area (TPSA) is 134 Å². The van der Waals surface area contributed by atoms with Crippen molar-refractivity contribution in [3.63, 3.8) is 0 Å². The van der Waals surface area contributed by atoms with Crippen LogP contribution in [0.2, 0.25) is 5.28 Å². The van der Waals surface area contributed by atoms with Gasteiger partial charge in [-0.1, -0.05) is 18.2 Å². The Balaban J connectivity index is 1.92. The normalized spacial score (nSPS) is 20.3. The first-order valence-corrected chi connectivity index (χ1v) is 11.4. The van der Waals surface area contributed by atoms with Gasteiger partial charge >= 0.3 is 23.6 Å². The number of carboxylic acid groups (broad SMARTS) is 1. The number of nitrogens with zero attached hydrogens (tertiary/aromatic N) is 5. The summed E-state index contributed by atoms with van der Waals surface area (Å²) >= 11 is 5.99. The molecule has 1 fully saturated rings. The molecule has 37 heavy (non-hydrogen) atoms. The van der Waals surface area contributed by atoms with Gasteiger partial charge in [0.2, 0.25) is 0 Å². The van der Waals surface area contributed by atoms with Crippen LogP contribution in [-0.4, -0.2) is 78.2 Å². The molecule has 11 nitrogen and oxygen atoms in total. The van der Waals surface area contributed by atoms with Gasteiger partial charge in [-0.25, -0.2) is 4.79 Å². The summed E-state index contributed by atoms with van der Waals surface area (Å²) in [6.07, 6.45) is -3.17. The molecule has 0 spiro atoms. The van der Waals surface area contributed by atoms with E-state index in [1.54, 1.807) is 6.08 Å². The highest BCUT2D eigenvalue weighted by atomic mass is 35.5. The standard InChI is InChI=1S/C22H25ClF3N5O6/c1-3-4-16-18(14-5-7-15(8-6-14)37-22(24,25)26)28(9-10-30(16)20(32)33)12-21(2,34)13-29-11-17(31(35)36)27-19(29)23/h3,5-8,11,16,18,34H,1,4,9-10,12-13H2,2H3,(H,32,33). The quantitative estimate of drug-likeness (QED) is 0.272. The van der Waals surface area contributed by atoms with Crippen molar-refractivity contribution in [3.8, 4) is 5.75 Å². The zero-order valence-corrected chi connectivity index (χ0v) is 20.4. The summed E-state index contributed by atoms with van der Waals surface area (Å²) in [7, 11) is 0. The van der Waals surface area contributed by atoms with E-state index in [0.717, 1.165) is 18.3 Å². The summed E-state index contributed by atoms with van der Waals surface area (Å²) in [6.45, 7) is 5.29. The Morgan fingerprint density at radius 3 is 2.49 bits per heavy atom. The summed E-state index contributed by atoms with van der Waals surface area (Å²) in [5.41, 5.74) is -1.01. The van der Waals surface area contributed by atoms with E-state index in [9.17, 15) is 38.3 Å². The molecule has 1 aliphatic rings. The predicted octanol–water partition coefficient (Wildman–Crippen LogP) is 4.08. The molecule has 0 radical (unpaired) electrons. The Morgan fingerprint density at radius 1 is 1.32 bits per heavy atom. The number of alkyl halides is 3. The number of benzene rings is 1. The van der Waals surface area contributed by atoms with Gasteiger partial charge in [-0.05, 0) is 52.5 Å². The lowest BCUT2D eigenvalue weighted by Crippen LogP contribution is -2.59. The second-order valence-electron chi connectivity index (χ2n) is 8.85. The molecule has 1 aromatic carbocycles.